The number of hydrogen-bond donors (Lipinski definition) is 0. The largest absolute Gasteiger partial charge is 0.254 e. The molecule has 1 aliphatic carbocycles. The highest BCUT2D eigenvalue weighted by atomic mass is 14.8. The van der Waals surface area contributed by atoms with E-state index in [9.17, 15) is 0 Å². The number of rotatable bonds is 1. The fourth-order valence-electron chi connectivity index (χ4n) is 4.05. The number of aromatic nitrogens is 2. The van der Waals surface area contributed by atoms with Gasteiger partial charge in [-0.2, -0.15) is 0 Å². The fourth-order valence-corrected chi connectivity index (χ4v) is 4.05. The van der Waals surface area contributed by atoms with E-state index in [0.717, 1.165) is 16.8 Å². The van der Waals surface area contributed by atoms with Crippen LogP contribution in [0.3, 0.4) is 0 Å². The van der Waals surface area contributed by atoms with Crippen molar-refractivity contribution in [1.29, 1.82) is 0 Å². The second-order valence-corrected chi connectivity index (χ2v) is 7.17. The summed E-state index contributed by atoms with van der Waals surface area (Å²) in [5.41, 5.74) is 7.11. The average molecular weight is 322 g/mol. The summed E-state index contributed by atoms with van der Waals surface area (Å²) in [6, 6.07) is 21.3. The first-order valence-electron chi connectivity index (χ1n) is 8.61. The van der Waals surface area contributed by atoms with Gasteiger partial charge < -0.3 is 0 Å². The van der Waals surface area contributed by atoms with E-state index in [1.165, 1.54) is 27.6 Å². The van der Waals surface area contributed by atoms with Crippen LogP contribution in [0.1, 0.15) is 25.0 Å². The zero-order chi connectivity index (χ0) is 17.0. The molecule has 4 aromatic rings. The van der Waals surface area contributed by atoms with Crippen molar-refractivity contribution in [2.45, 2.75) is 19.3 Å². The van der Waals surface area contributed by atoms with E-state index in [1.807, 2.05) is 18.5 Å². The molecular formula is C23H18N2. The number of fused-ring (bicyclic) bond motifs is 4. The Morgan fingerprint density at radius 2 is 1.56 bits per heavy atom. The smallest absolute Gasteiger partial charge is 0.0964 e. The van der Waals surface area contributed by atoms with E-state index in [1.54, 1.807) is 0 Å². The maximum atomic E-state index is 4.77. The third kappa shape index (κ3) is 1.97. The zero-order valence-electron chi connectivity index (χ0n) is 14.3. The Labute approximate surface area is 147 Å². The molecule has 0 fully saturated rings. The fraction of sp³-hybridized carbons (Fsp3) is 0.130. The summed E-state index contributed by atoms with van der Waals surface area (Å²) < 4.78 is 0. The van der Waals surface area contributed by atoms with Crippen LogP contribution in [0.2, 0.25) is 0 Å². The number of pyridine rings is 2. The van der Waals surface area contributed by atoms with Gasteiger partial charge in [-0.3, -0.25) is 9.97 Å². The van der Waals surface area contributed by atoms with E-state index in [4.69, 9.17) is 4.98 Å². The first-order valence-corrected chi connectivity index (χ1v) is 8.61. The quantitative estimate of drug-likeness (QED) is 0.455. The summed E-state index contributed by atoms with van der Waals surface area (Å²) in [4.78, 5) is 9.41. The van der Waals surface area contributed by atoms with Gasteiger partial charge in [0.1, 0.15) is 0 Å². The Hall–Kier alpha value is -3.00. The minimum atomic E-state index is -0.0196. The lowest BCUT2D eigenvalue weighted by Gasteiger charge is -2.21. The minimum absolute atomic E-state index is 0.0196. The summed E-state index contributed by atoms with van der Waals surface area (Å²) >= 11 is 0. The summed E-state index contributed by atoms with van der Waals surface area (Å²) in [6.07, 6.45) is 3.88. The van der Waals surface area contributed by atoms with Crippen molar-refractivity contribution in [3.05, 3.63) is 84.2 Å². The normalized spacial score (nSPS) is 14.3. The molecule has 2 aromatic carbocycles. The molecule has 5 rings (SSSR count). The van der Waals surface area contributed by atoms with E-state index in [0.29, 0.717) is 0 Å². The van der Waals surface area contributed by atoms with Gasteiger partial charge in [-0.05, 0) is 34.2 Å². The van der Waals surface area contributed by atoms with Crippen LogP contribution in [0.5, 0.6) is 0 Å². The maximum Gasteiger partial charge on any atom is 0.0964 e. The zero-order valence-corrected chi connectivity index (χ0v) is 14.3. The van der Waals surface area contributed by atoms with Crippen LogP contribution in [0.15, 0.2) is 73.1 Å². The first kappa shape index (κ1) is 14.4. The summed E-state index contributed by atoms with van der Waals surface area (Å²) in [5, 5.41) is 2.34. The molecule has 0 bridgehead atoms. The first-order chi connectivity index (χ1) is 12.2. The van der Waals surface area contributed by atoms with Gasteiger partial charge in [0.2, 0.25) is 0 Å². The van der Waals surface area contributed by atoms with Crippen LogP contribution in [0.4, 0.5) is 0 Å². The standard InChI is InChI=1S/C23H18N2/c1-23(2)19-10-6-5-9-17(19)18-14-25-21(13-20(18)23)22-16-8-4-3-7-15(16)11-12-24-22/h3-14H,1-2H3. The molecule has 120 valence electrons. The molecule has 1 aliphatic rings. The van der Waals surface area contributed by atoms with Crippen LogP contribution in [0.25, 0.3) is 33.3 Å². The van der Waals surface area contributed by atoms with Gasteiger partial charge in [-0.1, -0.05) is 62.4 Å². The molecule has 2 heteroatoms. The molecule has 0 unspecified atom stereocenters. The lowest BCUT2D eigenvalue weighted by atomic mass is 9.82. The van der Waals surface area contributed by atoms with E-state index < -0.39 is 0 Å². The summed E-state index contributed by atoms with van der Waals surface area (Å²) in [5.74, 6) is 0. The van der Waals surface area contributed by atoms with Crippen LogP contribution in [-0.2, 0) is 5.41 Å². The van der Waals surface area contributed by atoms with Crippen molar-refractivity contribution in [1.82, 2.24) is 9.97 Å². The van der Waals surface area contributed by atoms with Gasteiger partial charge in [-0.15, -0.1) is 0 Å². The molecule has 2 heterocycles. The van der Waals surface area contributed by atoms with Crippen molar-refractivity contribution >= 4 is 10.8 Å². The van der Waals surface area contributed by atoms with Crippen molar-refractivity contribution in [3.63, 3.8) is 0 Å². The van der Waals surface area contributed by atoms with Crippen molar-refractivity contribution in [2.75, 3.05) is 0 Å². The van der Waals surface area contributed by atoms with Crippen molar-refractivity contribution < 1.29 is 0 Å². The number of nitrogens with zero attached hydrogens (tertiary/aromatic N) is 2. The van der Waals surface area contributed by atoms with Crippen LogP contribution >= 0.6 is 0 Å². The Morgan fingerprint density at radius 3 is 2.48 bits per heavy atom. The van der Waals surface area contributed by atoms with E-state index in [2.05, 4.69) is 73.4 Å². The van der Waals surface area contributed by atoms with Gasteiger partial charge in [0.15, 0.2) is 0 Å². The highest BCUT2D eigenvalue weighted by molar-refractivity contribution is 5.94. The number of benzene rings is 2. The second-order valence-electron chi connectivity index (χ2n) is 7.17. The number of hydrogen-bond acceptors (Lipinski definition) is 2. The van der Waals surface area contributed by atoms with E-state index in [-0.39, 0.29) is 5.41 Å². The van der Waals surface area contributed by atoms with Gasteiger partial charge in [0.05, 0.1) is 11.4 Å². The monoisotopic (exact) mass is 322 g/mol. The summed E-state index contributed by atoms with van der Waals surface area (Å²) in [7, 11) is 0. The molecule has 0 N–H and O–H groups in total. The molecule has 0 atom stereocenters. The Bertz CT molecular complexity index is 1120. The summed E-state index contributed by atoms with van der Waals surface area (Å²) in [6.45, 7) is 4.58. The predicted molar refractivity (Wildman–Crippen MR) is 103 cm³/mol. The molecule has 0 spiro atoms. The molecule has 0 aliphatic heterocycles. The molecule has 2 nitrogen and oxygen atoms in total. The molecule has 0 saturated carbocycles. The third-order valence-corrected chi connectivity index (χ3v) is 5.38. The SMILES string of the molecule is CC1(C)c2ccccc2-c2cnc(-c3nccc4ccccc34)cc21. The van der Waals surface area contributed by atoms with Crippen LogP contribution < -0.4 is 0 Å². The Balaban J connectivity index is 1.76. The highest BCUT2D eigenvalue weighted by Crippen LogP contribution is 2.48. The Kier molecular flexibility index (Phi) is 2.87. The van der Waals surface area contributed by atoms with E-state index >= 15 is 0 Å². The Morgan fingerprint density at radius 1 is 0.760 bits per heavy atom. The maximum absolute atomic E-state index is 4.77. The molecule has 0 saturated heterocycles. The molecule has 25 heavy (non-hydrogen) atoms. The lowest BCUT2D eigenvalue weighted by molar-refractivity contribution is 0.660. The predicted octanol–water partition coefficient (Wildman–Crippen LogP) is 5.60. The van der Waals surface area contributed by atoms with Gasteiger partial charge in [0, 0.05) is 28.8 Å². The molecule has 0 amide bonds. The minimum Gasteiger partial charge on any atom is -0.254 e. The molecule has 2 aromatic heterocycles. The highest BCUT2D eigenvalue weighted by Gasteiger charge is 2.35. The van der Waals surface area contributed by atoms with Crippen molar-refractivity contribution in [2.24, 2.45) is 0 Å². The average Bonchev–Trinajstić information content (AvgIpc) is 2.89. The van der Waals surface area contributed by atoms with Gasteiger partial charge >= 0.3 is 0 Å². The topological polar surface area (TPSA) is 25.8 Å². The second kappa shape index (κ2) is 5.00. The van der Waals surface area contributed by atoms with Crippen LogP contribution in [-0.4, -0.2) is 9.97 Å². The van der Waals surface area contributed by atoms with Gasteiger partial charge in [0.25, 0.3) is 0 Å². The molecule has 0 radical (unpaired) electrons. The molecular weight excluding hydrogens is 304 g/mol. The van der Waals surface area contributed by atoms with Crippen LogP contribution in [0, 0.1) is 0 Å². The van der Waals surface area contributed by atoms with Crippen molar-refractivity contribution in [3.8, 4) is 22.5 Å². The van der Waals surface area contributed by atoms with Gasteiger partial charge in [-0.25, -0.2) is 0 Å². The third-order valence-electron chi connectivity index (χ3n) is 5.38. The lowest BCUT2D eigenvalue weighted by Crippen LogP contribution is -2.15.